The molecule has 7 heteroatoms. The Morgan fingerprint density at radius 2 is 1.79 bits per heavy atom. The third-order valence-electron chi connectivity index (χ3n) is 5.46. The SMILES string of the molecule is O=C(Nc1ccccc1)C1CC(C2CCN(C(=O)c3ccc(F)cc3)C2)NN1. The van der Waals surface area contributed by atoms with Crippen LogP contribution in [0.3, 0.4) is 0 Å². The normalized spacial score (nSPS) is 24.3. The number of carbonyl (C=O) groups excluding carboxylic acids is 2. The van der Waals surface area contributed by atoms with Crippen molar-refractivity contribution in [2.45, 2.75) is 24.9 Å². The lowest BCUT2D eigenvalue weighted by Gasteiger charge is -2.20. The molecule has 2 aromatic carbocycles. The number of amides is 2. The van der Waals surface area contributed by atoms with E-state index in [9.17, 15) is 14.0 Å². The van der Waals surface area contributed by atoms with E-state index in [2.05, 4.69) is 16.2 Å². The second-order valence-electron chi connectivity index (χ2n) is 7.35. The third-order valence-corrected chi connectivity index (χ3v) is 5.46. The molecule has 0 spiro atoms. The van der Waals surface area contributed by atoms with E-state index < -0.39 is 0 Å². The van der Waals surface area contributed by atoms with Gasteiger partial charge in [-0.05, 0) is 55.2 Å². The van der Waals surface area contributed by atoms with Crippen molar-refractivity contribution in [3.05, 3.63) is 66.0 Å². The number of hydrogen-bond acceptors (Lipinski definition) is 4. The van der Waals surface area contributed by atoms with Crippen molar-refractivity contribution in [1.82, 2.24) is 15.8 Å². The molecule has 0 aliphatic carbocycles. The molecule has 2 saturated heterocycles. The van der Waals surface area contributed by atoms with Crippen molar-refractivity contribution in [3.63, 3.8) is 0 Å². The van der Waals surface area contributed by atoms with Gasteiger partial charge in [-0.1, -0.05) is 18.2 Å². The maximum Gasteiger partial charge on any atom is 0.253 e. The van der Waals surface area contributed by atoms with Crippen molar-refractivity contribution >= 4 is 17.5 Å². The van der Waals surface area contributed by atoms with Crippen LogP contribution in [0.15, 0.2) is 54.6 Å². The lowest BCUT2D eigenvalue weighted by molar-refractivity contribution is -0.117. The minimum absolute atomic E-state index is 0.0709. The van der Waals surface area contributed by atoms with Gasteiger partial charge in [0.25, 0.3) is 5.91 Å². The Labute approximate surface area is 163 Å². The fourth-order valence-corrected chi connectivity index (χ4v) is 3.89. The van der Waals surface area contributed by atoms with Gasteiger partial charge in [0.05, 0.1) is 0 Å². The van der Waals surface area contributed by atoms with Crippen LogP contribution in [0.5, 0.6) is 0 Å². The Bertz CT molecular complexity index is 843. The molecule has 2 amide bonds. The van der Waals surface area contributed by atoms with Crippen LogP contribution < -0.4 is 16.2 Å². The lowest BCUT2D eigenvalue weighted by atomic mass is 9.95. The summed E-state index contributed by atoms with van der Waals surface area (Å²) in [5.74, 6) is -0.228. The second-order valence-corrected chi connectivity index (χ2v) is 7.35. The summed E-state index contributed by atoms with van der Waals surface area (Å²) in [7, 11) is 0. The number of benzene rings is 2. The number of halogens is 1. The second kappa shape index (κ2) is 8.08. The highest BCUT2D eigenvalue weighted by atomic mass is 19.1. The summed E-state index contributed by atoms with van der Waals surface area (Å²) in [6.45, 7) is 1.29. The fraction of sp³-hybridized carbons (Fsp3) is 0.333. The summed E-state index contributed by atoms with van der Waals surface area (Å²) in [5, 5.41) is 2.91. The van der Waals surface area contributed by atoms with Crippen molar-refractivity contribution in [2.75, 3.05) is 18.4 Å². The van der Waals surface area contributed by atoms with E-state index in [1.807, 2.05) is 30.3 Å². The molecule has 146 valence electrons. The number of anilines is 1. The van der Waals surface area contributed by atoms with E-state index in [0.717, 1.165) is 12.1 Å². The lowest BCUT2D eigenvalue weighted by Crippen LogP contribution is -2.41. The zero-order chi connectivity index (χ0) is 19.5. The van der Waals surface area contributed by atoms with Crippen molar-refractivity contribution in [2.24, 2.45) is 5.92 Å². The van der Waals surface area contributed by atoms with Crippen molar-refractivity contribution in [3.8, 4) is 0 Å². The molecule has 0 bridgehead atoms. The van der Waals surface area contributed by atoms with Crippen LogP contribution >= 0.6 is 0 Å². The molecule has 2 fully saturated rings. The molecule has 3 N–H and O–H groups in total. The molecule has 3 unspecified atom stereocenters. The van der Waals surface area contributed by atoms with Gasteiger partial charge in [0.1, 0.15) is 11.9 Å². The number of rotatable bonds is 4. The van der Waals surface area contributed by atoms with Gasteiger partial charge in [0.15, 0.2) is 0 Å². The largest absolute Gasteiger partial charge is 0.338 e. The Morgan fingerprint density at radius 1 is 1.04 bits per heavy atom. The van der Waals surface area contributed by atoms with Gasteiger partial charge in [-0.3, -0.25) is 15.0 Å². The predicted octanol–water partition coefficient (Wildman–Crippen LogP) is 2.16. The third kappa shape index (κ3) is 4.05. The summed E-state index contributed by atoms with van der Waals surface area (Å²) in [6.07, 6.45) is 1.54. The van der Waals surface area contributed by atoms with Crippen LogP contribution in [0.4, 0.5) is 10.1 Å². The smallest absolute Gasteiger partial charge is 0.253 e. The van der Waals surface area contributed by atoms with Crippen LogP contribution in [0.25, 0.3) is 0 Å². The summed E-state index contributed by atoms with van der Waals surface area (Å²) in [5.41, 5.74) is 7.57. The summed E-state index contributed by atoms with van der Waals surface area (Å²) >= 11 is 0. The molecule has 2 aliphatic heterocycles. The first-order valence-electron chi connectivity index (χ1n) is 9.52. The molecule has 0 radical (unpaired) electrons. The van der Waals surface area contributed by atoms with E-state index in [1.54, 1.807) is 4.90 Å². The number of nitrogens with zero attached hydrogens (tertiary/aromatic N) is 1. The molecule has 4 rings (SSSR count). The summed E-state index contributed by atoms with van der Waals surface area (Å²) < 4.78 is 13.1. The minimum atomic E-state index is -0.350. The fourth-order valence-electron chi connectivity index (χ4n) is 3.89. The standard InChI is InChI=1S/C21H23FN4O2/c22-16-8-6-14(7-9-16)21(28)26-11-10-15(13-26)18-12-19(25-24-18)20(27)23-17-4-2-1-3-5-17/h1-9,15,18-19,24-25H,10-13H2,(H,23,27). The number of hydrazine groups is 1. The van der Waals surface area contributed by atoms with Gasteiger partial charge in [0.2, 0.25) is 5.91 Å². The molecule has 0 aromatic heterocycles. The Hall–Kier alpha value is -2.77. The van der Waals surface area contributed by atoms with Gasteiger partial charge in [-0.15, -0.1) is 0 Å². The molecule has 2 aromatic rings. The van der Waals surface area contributed by atoms with E-state index >= 15 is 0 Å². The van der Waals surface area contributed by atoms with E-state index in [1.165, 1.54) is 24.3 Å². The number of para-hydroxylation sites is 1. The molecule has 6 nitrogen and oxygen atoms in total. The first kappa shape index (κ1) is 18.6. The highest BCUT2D eigenvalue weighted by Crippen LogP contribution is 2.26. The Kier molecular flexibility index (Phi) is 5.36. The van der Waals surface area contributed by atoms with Gasteiger partial charge in [-0.2, -0.15) is 0 Å². The van der Waals surface area contributed by atoms with Gasteiger partial charge in [-0.25, -0.2) is 9.82 Å². The molecule has 28 heavy (non-hydrogen) atoms. The first-order valence-corrected chi connectivity index (χ1v) is 9.52. The topological polar surface area (TPSA) is 73.5 Å². The van der Waals surface area contributed by atoms with E-state index in [0.29, 0.717) is 25.1 Å². The number of nitrogens with one attached hydrogen (secondary N) is 3. The molecular weight excluding hydrogens is 359 g/mol. The van der Waals surface area contributed by atoms with E-state index in [-0.39, 0.29) is 35.6 Å². The average Bonchev–Trinajstić information content (AvgIpc) is 3.38. The van der Waals surface area contributed by atoms with Gasteiger partial charge < -0.3 is 10.2 Å². The maximum absolute atomic E-state index is 13.1. The van der Waals surface area contributed by atoms with Crippen LogP contribution in [-0.2, 0) is 4.79 Å². The van der Waals surface area contributed by atoms with Gasteiger partial charge in [0, 0.05) is 30.4 Å². The van der Waals surface area contributed by atoms with Crippen LogP contribution in [0.1, 0.15) is 23.2 Å². The minimum Gasteiger partial charge on any atom is -0.338 e. The van der Waals surface area contributed by atoms with E-state index in [4.69, 9.17) is 0 Å². The number of carbonyl (C=O) groups is 2. The predicted molar refractivity (Wildman–Crippen MR) is 104 cm³/mol. The number of hydrogen-bond donors (Lipinski definition) is 3. The zero-order valence-electron chi connectivity index (χ0n) is 15.4. The van der Waals surface area contributed by atoms with Crippen LogP contribution in [-0.4, -0.2) is 41.9 Å². The number of likely N-dealkylation sites (tertiary alicyclic amines) is 1. The molecular formula is C21H23FN4O2. The average molecular weight is 382 g/mol. The van der Waals surface area contributed by atoms with Crippen molar-refractivity contribution < 1.29 is 14.0 Å². The molecule has 0 saturated carbocycles. The summed E-state index contributed by atoms with van der Waals surface area (Å²) in [6, 6.07) is 14.8. The highest BCUT2D eigenvalue weighted by molar-refractivity contribution is 5.95. The highest BCUT2D eigenvalue weighted by Gasteiger charge is 2.38. The maximum atomic E-state index is 13.1. The quantitative estimate of drug-likeness (QED) is 0.758. The zero-order valence-corrected chi connectivity index (χ0v) is 15.4. The first-order chi connectivity index (χ1) is 13.6. The molecule has 2 aliphatic rings. The van der Waals surface area contributed by atoms with Crippen molar-refractivity contribution in [1.29, 1.82) is 0 Å². The Morgan fingerprint density at radius 3 is 2.54 bits per heavy atom. The van der Waals surface area contributed by atoms with Crippen LogP contribution in [0.2, 0.25) is 0 Å². The van der Waals surface area contributed by atoms with Gasteiger partial charge >= 0.3 is 0 Å². The Balaban J connectivity index is 1.31. The monoisotopic (exact) mass is 382 g/mol. The molecule has 2 heterocycles. The molecule has 3 atom stereocenters. The van der Waals surface area contributed by atoms with Crippen LogP contribution in [0, 0.1) is 11.7 Å². The summed E-state index contributed by atoms with van der Waals surface area (Å²) in [4.78, 5) is 26.9.